The summed E-state index contributed by atoms with van der Waals surface area (Å²) in [7, 11) is 0. The Morgan fingerprint density at radius 2 is 2.00 bits per heavy atom. The second kappa shape index (κ2) is 9.16. The van der Waals surface area contributed by atoms with Crippen LogP contribution in [0.5, 0.6) is 5.75 Å². The van der Waals surface area contributed by atoms with Crippen molar-refractivity contribution >= 4 is 12.0 Å². The van der Waals surface area contributed by atoms with Gasteiger partial charge >= 0.3 is 5.97 Å². The van der Waals surface area contributed by atoms with E-state index in [1.165, 1.54) is 12.2 Å². The van der Waals surface area contributed by atoms with Crippen LogP contribution in [0.1, 0.15) is 18.9 Å². The van der Waals surface area contributed by atoms with Crippen molar-refractivity contribution in [2.45, 2.75) is 13.3 Å². The summed E-state index contributed by atoms with van der Waals surface area (Å²) in [5.74, 6) is -0.388. The highest BCUT2D eigenvalue weighted by molar-refractivity contribution is 5.91. The average Bonchev–Trinajstić information content (AvgIpc) is 2.49. The maximum atomic E-state index is 10.6. The maximum absolute atomic E-state index is 10.6. The van der Waals surface area contributed by atoms with Gasteiger partial charge in [-0.1, -0.05) is 43.4 Å². The molecule has 1 N–H and O–H groups in total. The number of allylic oxidation sites excluding steroid dienone is 4. The lowest BCUT2D eigenvalue weighted by Gasteiger charge is -2.03. The molecule has 0 aliphatic carbocycles. The minimum Gasteiger partial charge on any atom is -0.494 e. The second-order valence-electron chi connectivity index (χ2n) is 4.16. The van der Waals surface area contributed by atoms with E-state index in [-0.39, 0.29) is 5.57 Å². The Morgan fingerprint density at radius 3 is 2.57 bits per heavy atom. The fourth-order valence-corrected chi connectivity index (χ4v) is 1.43. The van der Waals surface area contributed by atoms with Crippen molar-refractivity contribution < 1.29 is 14.6 Å². The smallest absolute Gasteiger partial charge is 0.346 e. The number of carboxylic acids is 1. The minimum absolute atomic E-state index is 0.294. The van der Waals surface area contributed by atoms with E-state index in [2.05, 4.69) is 6.92 Å². The van der Waals surface area contributed by atoms with Gasteiger partial charge in [-0.25, -0.2) is 4.79 Å². The van der Waals surface area contributed by atoms with E-state index < -0.39 is 5.97 Å². The lowest BCUT2D eigenvalue weighted by molar-refractivity contribution is -0.132. The number of nitriles is 1. The van der Waals surface area contributed by atoms with Crippen molar-refractivity contribution in [3.8, 4) is 11.8 Å². The predicted octanol–water partition coefficient (Wildman–Crippen LogP) is 3.58. The number of carboxylic acid groups (broad SMARTS) is 1. The molecule has 0 aliphatic heterocycles. The highest BCUT2D eigenvalue weighted by Gasteiger charge is 2.01. The van der Waals surface area contributed by atoms with Gasteiger partial charge in [-0.3, -0.25) is 0 Å². The standard InChI is InChI=1S/C17H17NO3/c1-2-12-21-16-10-8-14(9-11-16)6-4-3-5-7-15(13-18)17(19)20/h3-11H,2,12H2,1H3,(H,19,20). The van der Waals surface area contributed by atoms with Gasteiger partial charge < -0.3 is 9.84 Å². The molecule has 4 nitrogen and oxygen atoms in total. The summed E-state index contributed by atoms with van der Waals surface area (Å²) in [4.78, 5) is 10.6. The molecule has 0 spiro atoms. The first-order valence-corrected chi connectivity index (χ1v) is 6.58. The molecule has 108 valence electrons. The summed E-state index contributed by atoms with van der Waals surface area (Å²) < 4.78 is 5.48. The molecule has 0 radical (unpaired) electrons. The van der Waals surface area contributed by atoms with Gasteiger partial charge in [0.05, 0.1) is 6.61 Å². The number of benzene rings is 1. The third-order valence-corrected chi connectivity index (χ3v) is 2.48. The number of hydrogen-bond acceptors (Lipinski definition) is 3. The zero-order valence-corrected chi connectivity index (χ0v) is 11.8. The summed E-state index contributed by atoms with van der Waals surface area (Å²) in [6, 6.07) is 9.27. The number of hydrogen-bond donors (Lipinski definition) is 1. The molecule has 21 heavy (non-hydrogen) atoms. The highest BCUT2D eigenvalue weighted by atomic mass is 16.5. The molecular weight excluding hydrogens is 266 g/mol. The van der Waals surface area contributed by atoms with Crippen LogP contribution in [-0.2, 0) is 4.79 Å². The molecule has 1 aromatic rings. The predicted molar refractivity (Wildman–Crippen MR) is 81.7 cm³/mol. The molecule has 0 aromatic heterocycles. The van der Waals surface area contributed by atoms with E-state index in [1.807, 2.05) is 30.3 Å². The third kappa shape index (κ3) is 6.26. The number of ether oxygens (including phenoxy) is 1. The van der Waals surface area contributed by atoms with Crippen LogP contribution >= 0.6 is 0 Å². The van der Waals surface area contributed by atoms with Gasteiger partial charge in [-0.2, -0.15) is 5.26 Å². The number of nitrogens with zero attached hydrogens (tertiary/aromatic N) is 1. The third-order valence-electron chi connectivity index (χ3n) is 2.48. The zero-order chi connectivity index (χ0) is 15.5. The number of aliphatic carboxylic acids is 1. The van der Waals surface area contributed by atoms with E-state index in [1.54, 1.807) is 18.2 Å². The molecule has 0 heterocycles. The van der Waals surface area contributed by atoms with Gasteiger partial charge in [0, 0.05) is 0 Å². The molecular formula is C17H17NO3. The fraction of sp³-hybridized carbons (Fsp3) is 0.176. The highest BCUT2D eigenvalue weighted by Crippen LogP contribution is 2.13. The van der Waals surface area contributed by atoms with E-state index >= 15 is 0 Å². The molecule has 1 aromatic carbocycles. The van der Waals surface area contributed by atoms with E-state index in [0.29, 0.717) is 6.61 Å². The Kier molecular flexibility index (Phi) is 7.09. The quantitative estimate of drug-likeness (QED) is 0.471. The van der Waals surface area contributed by atoms with Crippen LogP contribution in [0.4, 0.5) is 0 Å². The van der Waals surface area contributed by atoms with Crippen LogP contribution in [0.25, 0.3) is 6.08 Å². The van der Waals surface area contributed by atoms with Crippen LogP contribution in [0.2, 0.25) is 0 Å². The molecule has 0 bridgehead atoms. The summed E-state index contributed by atoms with van der Waals surface area (Å²) in [6.07, 6.45) is 9.06. The summed E-state index contributed by atoms with van der Waals surface area (Å²) in [5.41, 5.74) is 0.711. The molecule has 0 atom stereocenters. The summed E-state index contributed by atoms with van der Waals surface area (Å²) >= 11 is 0. The Hall–Kier alpha value is -2.80. The van der Waals surface area contributed by atoms with Crippen molar-refractivity contribution in [3.05, 3.63) is 59.7 Å². The van der Waals surface area contributed by atoms with Crippen molar-refractivity contribution in [2.75, 3.05) is 6.61 Å². The van der Waals surface area contributed by atoms with Crippen LogP contribution < -0.4 is 4.74 Å². The molecule has 0 saturated carbocycles. The number of carbonyl (C=O) groups is 1. The number of rotatable bonds is 7. The zero-order valence-electron chi connectivity index (χ0n) is 11.8. The first-order valence-electron chi connectivity index (χ1n) is 6.58. The van der Waals surface area contributed by atoms with E-state index in [4.69, 9.17) is 15.1 Å². The normalized spacial score (nSPS) is 11.7. The Morgan fingerprint density at radius 1 is 1.29 bits per heavy atom. The van der Waals surface area contributed by atoms with Crippen molar-refractivity contribution in [2.24, 2.45) is 0 Å². The molecule has 4 heteroatoms. The molecule has 1 rings (SSSR count). The first kappa shape index (κ1) is 16.3. The first-order chi connectivity index (χ1) is 10.2. The maximum Gasteiger partial charge on any atom is 0.346 e. The van der Waals surface area contributed by atoms with Gasteiger partial charge in [0.1, 0.15) is 17.4 Å². The van der Waals surface area contributed by atoms with Crippen molar-refractivity contribution in [1.29, 1.82) is 5.26 Å². The average molecular weight is 283 g/mol. The molecule has 0 fully saturated rings. The van der Waals surface area contributed by atoms with E-state index in [9.17, 15) is 4.79 Å². The van der Waals surface area contributed by atoms with Gasteiger partial charge in [-0.15, -0.1) is 0 Å². The molecule has 0 aliphatic rings. The largest absolute Gasteiger partial charge is 0.494 e. The van der Waals surface area contributed by atoms with Crippen LogP contribution in [0.3, 0.4) is 0 Å². The molecule has 0 unspecified atom stereocenters. The lowest BCUT2D eigenvalue weighted by atomic mass is 10.2. The van der Waals surface area contributed by atoms with E-state index in [0.717, 1.165) is 17.7 Å². The fourth-order valence-electron chi connectivity index (χ4n) is 1.43. The monoisotopic (exact) mass is 283 g/mol. The Balaban J connectivity index is 2.57. The minimum atomic E-state index is -1.23. The van der Waals surface area contributed by atoms with Gasteiger partial charge in [0.15, 0.2) is 0 Å². The van der Waals surface area contributed by atoms with Crippen molar-refractivity contribution in [1.82, 2.24) is 0 Å². The second-order valence-corrected chi connectivity index (χ2v) is 4.16. The molecule has 0 amide bonds. The molecule has 0 saturated heterocycles. The van der Waals surface area contributed by atoms with Crippen molar-refractivity contribution in [3.63, 3.8) is 0 Å². The SMILES string of the molecule is CCCOc1ccc(C=CC=CC=C(C#N)C(=O)O)cc1. The van der Waals surface area contributed by atoms with Crippen LogP contribution in [-0.4, -0.2) is 17.7 Å². The lowest BCUT2D eigenvalue weighted by Crippen LogP contribution is -1.96. The van der Waals surface area contributed by atoms with Crippen LogP contribution in [0.15, 0.2) is 54.1 Å². The van der Waals surface area contributed by atoms with Gasteiger partial charge in [0.2, 0.25) is 0 Å². The summed E-state index contributed by atoms with van der Waals surface area (Å²) in [6.45, 7) is 2.76. The van der Waals surface area contributed by atoms with Gasteiger partial charge in [0.25, 0.3) is 0 Å². The Bertz CT molecular complexity index is 589. The Labute approximate surface area is 124 Å². The topological polar surface area (TPSA) is 70.3 Å². The summed E-state index contributed by atoms with van der Waals surface area (Å²) in [5, 5.41) is 17.2. The van der Waals surface area contributed by atoms with Gasteiger partial charge in [-0.05, 0) is 30.2 Å². The van der Waals surface area contributed by atoms with Crippen LogP contribution in [0, 0.1) is 11.3 Å².